The molecule has 1 amide bonds. The van der Waals surface area contributed by atoms with E-state index >= 15 is 0 Å². The molecule has 1 atom stereocenters. The lowest BCUT2D eigenvalue weighted by Crippen LogP contribution is -2.33. The summed E-state index contributed by atoms with van der Waals surface area (Å²) >= 11 is 0. The Labute approximate surface area is 107 Å². The summed E-state index contributed by atoms with van der Waals surface area (Å²) in [5.74, 6) is -0.531. The quantitative estimate of drug-likeness (QED) is 0.845. The number of hydrogen-bond donors (Lipinski definition) is 1. The highest BCUT2D eigenvalue weighted by Crippen LogP contribution is 2.16. The molecule has 0 radical (unpaired) electrons. The first-order chi connectivity index (χ1) is 8.58. The molecule has 3 nitrogen and oxygen atoms in total. The van der Waals surface area contributed by atoms with E-state index in [2.05, 4.69) is 12.2 Å². The molecule has 1 unspecified atom stereocenters. The number of nitrogens with one attached hydrogen (secondary N) is 1. The van der Waals surface area contributed by atoms with Gasteiger partial charge in [-0.15, -0.1) is 0 Å². The Morgan fingerprint density at radius 2 is 2.22 bits per heavy atom. The second kappa shape index (κ2) is 6.99. The molecule has 1 rings (SSSR count). The first kappa shape index (κ1) is 14.5. The zero-order chi connectivity index (χ0) is 13.5. The maximum absolute atomic E-state index is 13.6. The van der Waals surface area contributed by atoms with Crippen molar-refractivity contribution >= 4 is 5.91 Å². The van der Waals surface area contributed by atoms with Crippen molar-refractivity contribution in [1.29, 1.82) is 0 Å². The number of hydrogen-bond acceptors (Lipinski definition) is 2. The Morgan fingerprint density at radius 3 is 2.78 bits per heavy atom. The van der Waals surface area contributed by atoms with Gasteiger partial charge in [0.05, 0.1) is 12.7 Å². The Morgan fingerprint density at radius 1 is 1.50 bits per heavy atom. The highest BCUT2D eigenvalue weighted by atomic mass is 19.1. The second-order valence-corrected chi connectivity index (χ2v) is 4.36. The molecule has 0 spiro atoms. The normalized spacial score (nSPS) is 12.0. The molecule has 1 aromatic carbocycles. The van der Waals surface area contributed by atoms with Crippen molar-refractivity contribution in [2.24, 2.45) is 0 Å². The van der Waals surface area contributed by atoms with E-state index in [1.807, 2.05) is 6.92 Å². The van der Waals surface area contributed by atoms with Crippen LogP contribution in [0.25, 0.3) is 0 Å². The van der Waals surface area contributed by atoms with E-state index in [-0.39, 0.29) is 17.5 Å². The van der Waals surface area contributed by atoms with Crippen LogP contribution in [0.3, 0.4) is 0 Å². The minimum Gasteiger partial charge on any atom is -0.497 e. The summed E-state index contributed by atoms with van der Waals surface area (Å²) in [6.07, 6.45) is 3.03. The smallest absolute Gasteiger partial charge is 0.254 e. The Kier molecular flexibility index (Phi) is 5.62. The zero-order valence-electron chi connectivity index (χ0n) is 11.1. The van der Waals surface area contributed by atoms with Crippen LogP contribution in [0.2, 0.25) is 0 Å². The van der Waals surface area contributed by atoms with Crippen molar-refractivity contribution in [2.45, 2.75) is 39.2 Å². The third kappa shape index (κ3) is 4.02. The number of ether oxygens (including phenoxy) is 1. The second-order valence-electron chi connectivity index (χ2n) is 4.36. The van der Waals surface area contributed by atoms with Crippen LogP contribution in [0.5, 0.6) is 5.75 Å². The molecular formula is C14H20FNO2. The van der Waals surface area contributed by atoms with Gasteiger partial charge in [-0.3, -0.25) is 4.79 Å². The number of rotatable bonds is 6. The van der Waals surface area contributed by atoms with Gasteiger partial charge in [0.2, 0.25) is 0 Å². The van der Waals surface area contributed by atoms with Gasteiger partial charge in [-0.1, -0.05) is 19.8 Å². The maximum atomic E-state index is 13.6. The molecule has 0 aliphatic carbocycles. The van der Waals surface area contributed by atoms with Crippen molar-refractivity contribution in [3.63, 3.8) is 0 Å². The number of amides is 1. The highest BCUT2D eigenvalue weighted by Gasteiger charge is 2.14. The van der Waals surface area contributed by atoms with E-state index in [1.54, 1.807) is 6.07 Å². The predicted octanol–water partition coefficient (Wildman–Crippen LogP) is 3.14. The van der Waals surface area contributed by atoms with E-state index in [4.69, 9.17) is 4.74 Å². The van der Waals surface area contributed by atoms with Gasteiger partial charge in [0.1, 0.15) is 11.6 Å². The molecule has 0 bridgehead atoms. The van der Waals surface area contributed by atoms with Crippen LogP contribution in [0, 0.1) is 5.82 Å². The molecule has 1 aromatic rings. The number of carbonyl (C=O) groups excluding carboxylic acids is 1. The standard InChI is InChI=1S/C14H20FNO2/c1-4-5-6-10(2)16-14(17)12-8-7-11(18-3)9-13(12)15/h7-10H,4-6H2,1-3H3,(H,16,17). The van der Waals surface area contributed by atoms with Gasteiger partial charge >= 0.3 is 0 Å². The first-order valence-corrected chi connectivity index (χ1v) is 6.22. The molecule has 0 heterocycles. The van der Waals surface area contributed by atoms with Crippen LogP contribution < -0.4 is 10.1 Å². The summed E-state index contributed by atoms with van der Waals surface area (Å²) in [5, 5.41) is 2.79. The predicted molar refractivity (Wildman–Crippen MR) is 69.4 cm³/mol. The largest absolute Gasteiger partial charge is 0.497 e. The van der Waals surface area contributed by atoms with Crippen molar-refractivity contribution in [1.82, 2.24) is 5.32 Å². The van der Waals surface area contributed by atoms with E-state index in [1.165, 1.54) is 19.2 Å². The lowest BCUT2D eigenvalue weighted by molar-refractivity contribution is 0.0934. The molecule has 0 fully saturated rings. The summed E-state index contributed by atoms with van der Waals surface area (Å²) < 4.78 is 18.5. The molecule has 0 aromatic heterocycles. The van der Waals surface area contributed by atoms with Crippen LogP contribution in [0.15, 0.2) is 18.2 Å². The highest BCUT2D eigenvalue weighted by molar-refractivity contribution is 5.94. The molecule has 0 aliphatic heterocycles. The monoisotopic (exact) mass is 253 g/mol. The summed E-state index contributed by atoms with van der Waals surface area (Å²) in [6.45, 7) is 4.02. The molecule has 1 N–H and O–H groups in total. The minimum atomic E-state index is -0.561. The van der Waals surface area contributed by atoms with Gasteiger partial charge < -0.3 is 10.1 Å². The lowest BCUT2D eigenvalue weighted by Gasteiger charge is -2.14. The van der Waals surface area contributed by atoms with E-state index in [0.29, 0.717) is 5.75 Å². The summed E-state index contributed by atoms with van der Waals surface area (Å²) in [6, 6.07) is 4.29. The van der Waals surface area contributed by atoms with E-state index in [0.717, 1.165) is 19.3 Å². The van der Waals surface area contributed by atoms with E-state index < -0.39 is 5.82 Å². The third-order valence-corrected chi connectivity index (χ3v) is 2.79. The molecule has 0 aliphatic rings. The van der Waals surface area contributed by atoms with Gasteiger partial charge in [-0.2, -0.15) is 0 Å². The number of halogens is 1. The number of benzene rings is 1. The van der Waals surface area contributed by atoms with Crippen molar-refractivity contribution in [3.05, 3.63) is 29.6 Å². The van der Waals surface area contributed by atoms with Gasteiger partial charge in [-0.25, -0.2) is 4.39 Å². The van der Waals surface area contributed by atoms with Gasteiger partial charge in [-0.05, 0) is 25.5 Å². The van der Waals surface area contributed by atoms with Crippen molar-refractivity contribution in [2.75, 3.05) is 7.11 Å². The first-order valence-electron chi connectivity index (χ1n) is 6.22. The van der Waals surface area contributed by atoms with Crippen LogP contribution in [-0.2, 0) is 0 Å². The topological polar surface area (TPSA) is 38.3 Å². The number of unbranched alkanes of at least 4 members (excludes halogenated alkanes) is 1. The molecule has 100 valence electrons. The van der Waals surface area contributed by atoms with E-state index in [9.17, 15) is 9.18 Å². The van der Waals surface area contributed by atoms with Crippen LogP contribution in [0.4, 0.5) is 4.39 Å². The fraction of sp³-hybridized carbons (Fsp3) is 0.500. The number of carbonyl (C=O) groups is 1. The fourth-order valence-electron chi connectivity index (χ4n) is 1.69. The molecule has 4 heteroatoms. The van der Waals surface area contributed by atoms with Crippen LogP contribution >= 0.6 is 0 Å². The molecule has 18 heavy (non-hydrogen) atoms. The molecule has 0 saturated carbocycles. The minimum absolute atomic E-state index is 0.0546. The average Bonchev–Trinajstić information content (AvgIpc) is 2.35. The lowest BCUT2D eigenvalue weighted by atomic mass is 10.1. The molecule has 0 saturated heterocycles. The number of methoxy groups -OCH3 is 1. The zero-order valence-corrected chi connectivity index (χ0v) is 11.1. The Bertz CT molecular complexity index is 407. The average molecular weight is 253 g/mol. The molecular weight excluding hydrogens is 233 g/mol. The SMILES string of the molecule is CCCCC(C)NC(=O)c1ccc(OC)cc1F. The van der Waals surface area contributed by atoms with Crippen LogP contribution in [-0.4, -0.2) is 19.1 Å². The summed E-state index contributed by atoms with van der Waals surface area (Å²) in [4.78, 5) is 11.8. The summed E-state index contributed by atoms with van der Waals surface area (Å²) in [7, 11) is 1.46. The van der Waals surface area contributed by atoms with Gasteiger partial charge in [0, 0.05) is 12.1 Å². The third-order valence-electron chi connectivity index (χ3n) is 2.79. The van der Waals surface area contributed by atoms with Gasteiger partial charge in [0.25, 0.3) is 5.91 Å². The van der Waals surface area contributed by atoms with Crippen LogP contribution in [0.1, 0.15) is 43.5 Å². The maximum Gasteiger partial charge on any atom is 0.254 e. The summed E-state index contributed by atoms with van der Waals surface area (Å²) in [5.41, 5.74) is 0.0548. The Balaban J connectivity index is 2.66. The van der Waals surface area contributed by atoms with Crippen molar-refractivity contribution < 1.29 is 13.9 Å². The fourth-order valence-corrected chi connectivity index (χ4v) is 1.69. The van der Waals surface area contributed by atoms with Crippen molar-refractivity contribution in [3.8, 4) is 5.75 Å². The van der Waals surface area contributed by atoms with Gasteiger partial charge in [0.15, 0.2) is 0 Å². The Hall–Kier alpha value is -1.58.